The summed E-state index contributed by atoms with van der Waals surface area (Å²) in [5.74, 6) is 0.758. The van der Waals surface area contributed by atoms with E-state index in [2.05, 4.69) is 10.6 Å². The van der Waals surface area contributed by atoms with Gasteiger partial charge < -0.3 is 15.4 Å². The average molecular weight is 319 g/mol. The lowest BCUT2D eigenvalue weighted by Crippen LogP contribution is -2.34. The van der Waals surface area contributed by atoms with Gasteiger partial charge in [0.05, 0.1) is 12.3 Å². The zero-order chi connectivity index (χ0) is 13.7. The Hall–Kier alpha value is -0.970. The molecule has 112 valence electrons. The number of carbonyl (C=O) groups excluding carboxylic acids is 1. The quantitative estimate of drug-likeness (QED) is 0.896. The van der Waals surface area contributed by atoms with E-state index in [0.717, 1.165) is 25.9 Å². The third-order valence-corrected chi connectivity index (χ3v) is 3.45. The SMILES string of the molecule is CCOc1cc(Cl)ccc1NC(=O)C1CCNCC1.Cl. The summed E-state index contributed by atoms with van der Waals surface area (Å²) in [4.78, 5) is 12.2. The first-order valence-corrected chi connectivity index (χ1v) is 7.02. The van der Waals surface area contributed by atoms with E-state index in [1.54, 1.807) is 18.2 Å². The highest BCUT2D eigenvalue weighted by Gasteiger charge is 2.21. The number of hydrogen-bond acceptors (Lipinski definition) is 3. The molecule has 1 fully saturated rings. The van der Waals surface area contributed by atoms with Gasteiger partial charge in [-0.1, -0.05) is 11.6 Å². The number of rotatable bonds is 4. The van der Waals surface area contributed by atoms with E-state index >= 15 is 0 Å². The molecule has 1 aliphatic rings. The van der Waals surface area contributed by atoms with Crippen LogP contribution in [-0.4, -0.2) is 25.6 Å². The van der Waals surface area contributed by atoms with Gasteiger partial charge in [0.2, 0.25) is 5.91 Å². The van der Waals surface area contributed by atoms with Crippen LogP contribution in [0.3, 0.4) is 0 Å². The molecule has 1 aromatic carbocycles. The second kappa shape index (κ2) is 8.35. The zero-order valence-corrected chi connectivity index (χ0v) is 13.0. The van der Waals surface area contributed by atoms with Crippen LogP contribution in [0.1, 0.15) is 19.8 Å². The number of benzene rings is 1. The number of halogens is 2. The van der Waals surface area contributed by atoms with Crippen LogP contribution in [0.4, 0.5) is 5.69 Å². The van der Waals surface area contributed by atoms with Crippen LogP contribution in [0.15, 0.2) is 18.2 Å². The first-order valence-electron chi connectivity index (χ1n) is 6.64. The third-order valence-electron chi connectivity index (χ3n) is 3.21. The van der Waals surface area contributed by atoms with Gasteiger partial charge in [-0.3, -0.25) is 4.79 Å². The normalized spacial score (nSPS) is 15.3. The Morgan fingerprint density at radius 1 is 1.45 bits per heavy atom. The smallest absolute Gasteiger partial charge is 0.227 e. The average Bonchev–Trinajstić information content (AvgIpc) is 2.43. The molecule has 0 aliphatic carbocycles. The number of amides is 1. The van der Waals surface area contributed by atoms with Gasteiger partial charge in [-0.15, -0.1) is 12.4 Å². The summed E-state index contributed by atoms with van der Waals surface area (Å²) in [6.45, 7) is 4.24. The molecule has 1 amide bonds. The number of nitrogens with one attached hydrogen (secondary N) is 2. The number of carbonyl (C=O) groups is 1. The molecule has 4 nitrogen and oxygen atoms in total. The van der Waals surface area contributed by atoms with Crippen LogP contribution < -0.4 is 15.4 Å². The molecule has 1 aromatic rings. The standard InChI is InChI=1S/C14H19ClN2O2.ClH/c1-2-19-13-9-11(15)3-4-12(13)17-14(18)10-5-7-16-8-6-10;/h3-4,9-10,16H,2,5-8H2,1H3,(H,17,18);1H. The third kappa shape index (κ3) is 4.54. The Morgan fingerprint density at radius 2 is 2.15 bits per heavy atom. The molecule has 0 aromatic heterocycles. The number of ether oxygens (including phenoxy) is 1. The van der Waals surface area contributed by atoms with Gasteiger partial charge in [0.15, 0.2) is 0 Å². The lowest BCUT2D eigenvalue weighted by atomic mass is 9.97. The molecular weight excluding hydrogens is 299 g/mol. The van der Waals surface area contributed by atoms with Crippen molar-refractivity contribution in [2.75, 3.05) is 25.0 Å². The Labute approximate surface area is 130 Å². The number of anilines is 1. The molecule has 0 radical (unpaired) electrons. The van der Waals surface area contributed by atoms with Crippen LogP contribution in [0, 0.1) is 5.92 Å². The van der Waals surface area contributed by atoms with Gasteiger partial charge in [0, 0.05) is 17.0 Å². The number of hydrogen-bond donors (Lipinski definition) is 2. The minimum absolute atomic E-state index is 0. The van der Waals surface area contributed by atoms with Crippen LogP contribution in [-0.2, 0) is 4.79 Å². The minimum atomic E-state index is 0. The Balaban J connectivity index is 0.00000200. The van der Waals surface area contributed by atoms with E-state index < -0.39 is 0 Å². The molecule has 0 spiro atoms. The fourth-order valence-corrected chi connectivity index (χ4v) is 2.36. The van der Waals surface area contributed by atoms with Gasteiger partial charge in [0.1, 0.15) is 5.75 Å². The van der Waals surface area contributed by atoms with Crippen LogP contribution in [0.25, 0.3) is 0 Å². The largest absolute Gasteiger partial charge is 0.492 e. The molecular formula is C14H20Cl2N2O2. The van der Waals surface area contributed by atoms with Crippen LogP contribution in [0.2, 0.25) is 5.02 Å². The van der Waals surface area contributed by atoms with Crippen molar-refractivity contribution in [2.45, 2.75) is 19.8 Å². The van der Waals surface area contributed by atoms with E-state index in [9.17, 15) is 4.79 Å². The highest BCUT2D eigenvalue weighted by Crippen LogP contribution is 2.29. The molecule has 2 rings (SSSR count). The molecule has 0 bridgehead atoms. The molecule has 0 saturated carbocycles. The summed E-state index contributed by atoms with van der Waals surface area (Å²) in [5, 5.41) is 6.79. The molecule has 1 heterocycles. The van der Waals surface area contributed by atoms with Crippen molar-refractivity contribution >= 4 is 35.6 Å². The summed E-state index contributed by atoms with van der Waals surface area (Å²) < 4.78 is 5.49. The van der Waals surface area contributed by atoms with E-state index in [0.29, 0.717) is 23.1 Å². The van der Waals surface area contributed by atoms with Crippen LogP contribution >= 0.6 is 24.0 Å². The molecule has 2 N–H and O–H groups in total. The maximum atomic E-state index is 12.2. The van der Waals surface area contributed by atoms with Crippen molar-refractivity contribution in [1.29, 1.82) is 0 Å². The summed E-state index contributed by atoms with van der Waals surface area (Å²) in [6.07, 6.45) is 1.76. The maximum absolute atomic E-state index is 12.2. The topological polar surface area (TPSA) is 50.4 Å². The second-order valence-electron chi connectivity index (χ2n) is 4.59. The van der Waals surface area contributed by atoms with E-state index in [-0.39, 0.29) is 24.2 Å². The lowest BCUT2D eigenvalue weighted by Gasteiger charge is -2.22. The van der Waals surface area contributed by atoms with Crippen LogP contribution in [0.5, 0.6) is 5.75 Å². The van der Waals surface area contributed by atoms with Crippen molar-refractivity contribution in [1.82, 2.24) is 5.32 Å². The highest BCUT2D eigenvalue weighted by molar-refractivity contribution is 6.30. The number of piperidine rings is 1. The minimum Gasteiger partial charge on any atom is -0.492 e. The summed E-state index contributed by atoms with van der Waals surface area (Å²) in [5.41, 5.74) is 0.690. The molecule has 20 heavy (non-hydrogen) atoms. The predicted molar refractivity (Wildman–Crippen MR) is 84.1 cm³/mol. The Morgan fingerprint density at radius 3 is 2.80 bits per heavy atom. The highest BCUT2D eigenvalue weighted by atomic mass is 35.5. The molecule has 0 atom stereocenters. The molecule has 1 aliphatic heterocycles. The van der Waals surface area contributed by atoms with E-state index in [4.69, 9.17) is 16.3 Å². The van der Waals surface area contributed by atoms with Crippen molar-refractivity contribution in [3.05, 3.63) is 23.2 Å². The monoisotopic (exact) mass is 318 g/mol. The first kappa shape index (κ1) is 17.1. The van der Waals surface area contributed by atoms with Crippen molar-refractivity contribution < 1.29 is 9.53 Å². The van der Waals surface area contributed by atoms with Gasteiger partial charge in [-0.05, 0) is 45.0 Å². The molecule has 1 saturated heterocycles. The zero-order valence-electron chi connectivity index (χ0n) is 11.4. The second-order valence-corrected chi connectivity index (χ2v) is 5.02. The van der Waals surface area contributed by atoms with Gasteiger partial charge in [-0.2, -0.15) is 0 Å². The predicted octanol–water partition coefficient (Wildman–Crippen LogP) is 3.10. The lowest BCUT2D eigenvalue weighted by molar-refractivity contribution is -0.120. The summed E-state index contributed by atoms with van der Waals surface area (Å²) >= 11 is 5.94. The van der Waals surface area contributed by atoms with E-state index in [1.807, 2.05) is 6.92 Å². The van der Waals surface area contributed by atoms with E-state index in [1.165, 1.54) is 0 Å². The summed E-state index contributed by atoms with van der Waals surface area (Å²) in [6, 6.07) is 5.26. The van der Waals surface area contributed by atoms with Gasteiger partial charge in [0.25, 0.3) is 0 Å². The fourth-order valence-electron chi connectivity index (χ4n) is 2.19. The van der Waals surface area contributed by atoms with Crippen molar-refractivity contribution in [3.63, 3.8) is 0 Å². The van der Waals surface area contributed by atoms with Gasteiger partial charge in [-0.25, -0.2) is 0 Å². The first-order chi connectivity index (χ1) is 9.20. The Kier molecular flexibility index (Phi) is 7.13. The summed E-state index contributed by atoms with van der Waals surface area (Å²) in [7, 11) is 0. The van der Waals surface area contributed by atoms with Crippen molar-refractivity contribution in [3.8, 4) is 5.75 Å². The molecule has 0 unspecified atom stereocenters. The van der Waals surface area contributed by atoms with Gasteiger partial charge >= 0.3 is 0 Å². The maximum Gasteiger partial charge on any atom is 0.227 e. The van der Waals surface area contributed by atoms with Crippen molar-refractivity contribution in [2.24, 2.45) is 5.92 Å². The Bertz CT molecular complexity index is 449. The fraction of sp³-hybridized carbons (Fsp3) is 0.500. The molecule has 6 heteroatoms.